The fourth-order valence-electron chi connectivity index (χ4n) is 1.99. The Morgan fingerprint density at radius 1 is 1.25 bits per heavy atom. The molecule has 0 saturated carbocycles. The first kappa shape index (κ1) is 17.7. The second kappa shape index (κ2) is 7.57. The molecular formula is C15H22Br2N2O. The van der Waals surface area contributed by atoms with Gasteiger partial charge in [0.05, 0.1) is 5.69 Å². The average Bonchev–Trinajstić information content (AvgIpc) is 2.31. The van der Waals surface area contributed by atoms with Gasteiger partial charge < -0.3 is 11.1 Å². The largest absolute Gasteiger partial charge is 0.330 e. The molecule has 0 spiro atoms. The topological polar surface area (TPSA) is 55.1 Å². The number of hydrogen-bond donors (Lipinski definition) is 2. The van der Waals surface area contributed by atoms with E-state index < -0.39 is 0 Å². The lowest BCUT2D eigenvalue weighted by Crippen LogP contribution is -2.20. The lowest BCUT2D eigenvalue weighted by Gasteiger charge is -2.23. The number of carbonyl (C=O) groups excluding carboxylic acids is 1. The first-order chi connectivity index (χ1) is 9.25. The van der Waals surface area contributed by atoms with Gasteiger partial charge in [-0.3, -0.25) is 4.79 Å². The van der Waals surface area contributed by atoms with Crippen molar-refractivity contribution in [3.8, 4) is 0 Å². The zero-order valence-electron chi connectivity index (χ0n) is 12.2. The molecule has 0 unspecified atom stereocenters. The van der Waals surface area contributed by atoms with Gasteiger partial charge in [0.2, 0.25) is 5.91 Å². The summed E-state index contributed by atoms with van der Waals surface area (Å²) in [6, 6.07) is 3.97. The van der Waals surface area contributed by atoms with E-state index in [0.717, 1.165) is 33.0 Å². The molecule has 3 nitrogen and oxygen atoms in total. The predicted molar refractivity (Wildman–Crippen MR) is 91.9 cm³/mol. The first-order valence-corrected chi connectivity index (χ1v) is 8.29. The Balaban J connectivity index is 2.64. The van der Waals surface area contributed by atoms with E-state index in [0.29, 0.717) is 13.0 Å². The summed E-state index contributed by atoms with van der Waals surface area (Å²) in [5.74, 6) is 0.0281. The van der Waals surface area contributed by atoms with E-state index in [9.17, 15) is 4.79 Å². The number of nitrogens with two attached hydrogens (primary N) is 1. The van der Waals surface area contributed by atoms with Crippen LogP contribution >= 0.6 is 31.9 Å². The Morgan fingerprint density at radius 2 is 1.80 bits per heavy atom. The molecule has 5 heteroatoms. The highest BCUT2D eigenvalue weighted by Crippen LogP contribution is 2.33. The van der Waals surface area contributed by atoms with Crippen LogP contribution in [0.5, 0.6) is 0 Å². The highest BCUT2D eigenvalue weighted by molar-refractivity contribution is 9.11. The second-order valence-corrected chi connectivity index (χ2v) is 7.56. The molecular weight excluding hydrogens is 384 g/mol. The molecule has 0 saturated heterocycles. The minimum atomic E-state index is 0.0281. The van der Waals surface area contributed by atoms with Crippen LogP contribution < -0.4 is 11.1 Å². The van der Waals surface area contributed by atoms with Crippen LogP contribution in [-0.4, -0.2) is 12.5 Å². The van der Waals surface area contributed by atoms with E-state index in [1.165, 1.54) is 0 Å². The zero-order valence-corrected chi connectivity index (χ0v) is 15.4. The van der Waals surface area contributed by atoms with Crippen molar-refractivity contribution in [1.82, 2.24) is 0 Å². The number of nitrogens with one attached hydrogen (secondary N) is 1. The molecule has 0 bridgehead atoms. The lowest BCUT2D eigenvalue weighted by atomic mass is 9.84. The number of benzene rings is 1. The number of halogens is 2. The fourth-order valence-corrected chi connectivity index (χ4v) is 3.60. The van der Waals surface area contributed by atoms with Crippen LogP contribution in [0.3, 0.4) is 0 Å². The van der Waals surface area contributed by atoms with Gasteiger partial charge in [-0.25, -0.2) is 0 Å². The molecule has 0 atom stereocenters. The van der Waals surface area contributed by atoms with Crippen LogP contribution in [0.15, 0.2) is 21.1 Å². The molecule has 0 radical (unpaired) electrons. The van der Waals surface area contributed by atoms with Gasteiger partial charge in [0, 0.05) is 15.4 Å². The van der Waals surface area contributed by atoms with Crippen molar-refractivity contribution in [2.24, 2.45) is 11.1 Å². The summed E-state index contributed by atoms with van der Waals surface area (Å²) in [6.45, 7) is 6.95. The van der Waals surface area contributed by atoms with E-state index in [1.54, 1.807) is 0 Å². The van der Waals surface area contributed by atoms with Crippen molar-refractivity contribution in [2.75, 3.05) is 11.9 Å². The quantitative estimate of drug-likeness (QED) is 0.725. The van der Waals surface area contributed by atoms with Crippen LogP contribution in [0, 0.1) is 12.3 Å². The maximum Gasteiger partial charge on any atom is 0.224 e. The summed E-state index contributed by atoms with van der Waals surface area (Å²) in [5.41, 5.74) is 7.61. The third kappa shape index (κ3) is 5.54. The highest BCUT2D eigenvalue weighted by Gasteiger charge is 2.19. The molecule has 1 aromatic carbocycles. The molecule has 1 aromatic rings. The van der Waals surface area contributed by atoms with Crippen molar-refractivity contribution >= 4 is 43.5 Å². The first-order valence-electron chi connectivity index (χ1n) is 6.71. The van der Waals surface area contributed by atoms with Crippen LogP contribution in [0.4, 0.5) is 5.69 Å². The Morgan fingerprint density at radius 3 is 2.30 bits per heavy atom. The summed E-state index contributed by atoms with van der Waals surface area (Å²) in [7, 11) is 0. The molecule has 1 amide bonds. The van der Waals surface area contributed by atoms with Crippen LogP contribution in [0.1, 0.15) is 38.7 Å². The summed E-state index contributed by atoms with van der Waals surface area (Å²) < 4.78 is 1.78. The van der Waals surface area contributed by atoms with E-state index in [1.807, 2.05) is 19.1 Å². The van der Waals surface area contributed by atoms with Gasteiger partial charge in [-0.05, 0) is 81.3 Å². The molecule has 20 heavy (non-hydrogen) atoms. The van der Waals surface area contributed by atoms with Crippen LogP contribution in [0.2, 0.25) is 0 Å². The monoisotopic (exact) mass is 404 g/mol. The van der Waals surface area contributed by atoms with E-state index >= 15 is 0 Å². The van der Waals surface area contributed by atoms with E-state index in [4.69, 9.17) is 5.73 Å². The van der Waals surface area contributed by atoms with Crippen LogP contribution in [-0.2, 0) is 4.79 Å². The Bertz CT molecular complexity index is 464. The van der Waals surface area contributed by atoms with Gasteiger partial charge in [-0.2, -0.15) is 0 Å². The SMILES string of the molecule is Cc1cc(Br)c(NC(=O)CCC(C)(C)CCN)c(Br)c1. The summed E-state index contributed by atoms with van der Waals surface area (Å²) in [5, 5.41) is 2.96. The average molecular weight is 406 g/mol. The molecule has 0 fully saturated rings. The lowest BCUT2D eigenvalue weighted by molar-refractivity contribution is -0.116. The van der Waals surface area contributed by atoms with Gasteiger partial charge in [0.25, 0.3) is 0 Å². The minimum Gasteiger partial charge on any atom is -0.330 e. The molecule has 0 aliphatic rings. The van der Waals surface area contributed by atoms with Crippen molar-refractivity contribution in [3.05, 3.63) is 26.6 Å². The maximum atomic E-state index is 12.1. The van der Waals surface area contributed by atoms with Crippen molar-refractivity contribution < 1.29 is 4.79 Å². The number of hydrogen-bond acceptors (Lipinski definition) is 2. The third-order valence-electron chi connectivity index (χ3n) is 3.30. The molecule has 3 N–H and O–H groups in total. The Kier molecular flexibility index (Phi) is 6.69. The summed E-state index contributed by atoms with van der Waals surface area (Å²) >= 11 is 6.96. The van der Waals surface area contributed by atoms with Crippen molar-refractivity contribution in [2.45, 2.75) is 40.0 Å². The number of aryl methyl sites for hydroxylation is 1. The summed E-state index contributed by atoms with van der Waals surface area (Å²) in [6.07, 6.45) is 2.26. The molecule has 1 rings (SSSR count). The van der Waals surface area contributed by atoms with Crippen LogP contribution in [0.25, 0.3) is 0 Å². The Hall–Kier alpha value is -0.390. The van der Waals surface area contributed by atoms with Gasteiger partial charge in [-0.15, -0.1) is 0 Å². The number of rotatable bonds is 6. The second-order valence-electron chi connectivity index (χ2n) is 5.85. The fraction of sp³-hybridized carbons (Fsp3) is 0.533. The van der Waals surface area contributed by atoms with Gasteiger partial charge >= 0.3 is 0 Å². The molecule has 0 aliphatic heterocycles. The zero-order chi connectivity index (χ0) is 15.3. The summed E-state index contributed by atoms with van der Waals surface area (Å²) in [4.78, 5) is 12.1. The highest BCUT2D eigenvalue weighted by atomic mass is 79.9. The van der Waals surface area contributed by atoms with E-state index in [2.05, 4.69) is 51.0 Å². The maximum absolute atomic E-state index is 12.1. The minimum absolute atomic E-state index is 0.0281. The van der Waals surface area contributed by atoms with Gasteiger partial charge in [0.1, 0.15) is 0 Å². The number of amides is 1. The molecule has 0 heterocycles. The Labute approximate surface area is 138 Å². The molecule has 0 aliphatic carbocycles. The molecule has 0 aromatic heterocycles. The predicted octanol–water partition coefficient (Wildman–Crippen LogP) is 4.61. The normalized spacial score (nSPS) is 11.5. The van der Waals surface area contributed by atoms with Crippen molar-refractivity contribution in [1.29, 1.82) is 0 Å². The smallest absolute Gasteiger partial charge is 0.224 e. The molecule has 112 valence electrons. The van der Waals surface area contributed by atoms with Crippen molar-refractivity contribution in [3.63, 3.8) is 0 Å². The van der Waals surface area contributed by atoms with Gasteiger partial charge in [0.15, 0.2) is 0 Å². The standard InChI is InChI=1S/C15H22Br2N2O/c1-10-8-11(16)14(12(17)9-10)19-13(20)4-5-15(2,3)6-7-18/h8-9H,4-7,18H2,1-3H3,(H,19,20). The number of carbonyl (C=O) groups is 1. The third-order valence-corrected chi connectivity index (χ3v) is 4.55. The van der Waals surface area contributed by atoms with Gasteiger partial charge in [-0.1, -0.05) is 13.8 Å². The number of anilines is 1. The van der Waals surface area contributed by atoms with E-state index in [-0.39, 0.29) is 11.3 Å².